The van der Waals surface area contributed by atoms with Crippen molar-refractivity contribution >= 4 is 22.6 Å². The Morgan fingerprint density at radius 1 is 0.947 bits per heavy atom. The largest absolute Gasteiger partial charge is 0.497 e. The van der Waals surface area contributed by atoms with Gasteiger partial charge in [-0.05, 0) is 60.2 Å². The van der Waals surface area contributed by atoms with E-state index in [0.717, 1.165) is 53.4 Å². The van der Waals surface area contributed by atoms with Crippen molar-refractivity contribution in [2.24, 2.45) is 0 Å². The molecule has 0 bridgehead atoms. The number of methoxy groups -OCH3 is 1. The van der Waals surface area contributed by atoms with Gasteiger partial charge in [-0.25, -0.2) is 4.98 Å². The third-order valence-corrected chi connectivity index (χ3v) is 7.30. The maximum atomic E-state index is 13.0. The number of unbranched alkanes of at least 4 members (excludes halogenated alkanes) is 1. The number of aromatic nitrogens is 2. The Hall–Kier alpha value is -3.80. The van der Waals surface area contributed by atoms with Crippen LogP contribution in [0.2, 0.25) is 0 Å². The predicted octanol–water partition coefficient (Wildman–Crippen LogP) is 6.72. The molecule has 1 atom stereocenters. The summed E-state index contributed by atoms with van der Waals surface area (Å²) < 4.78 is 13.7. The first kappa shape index (κ1) is 25.8. The lowest BCUT2D eigenvalue weighted by atomic mass is 9.87. The molecule has 0 N–H and O–H groups in total. The topological polar surface area (TPSA) is 56.6 Å². The number of carbonyl (C=O) groups excluding carboxylic acids is 1. The molecule has 1 unspecified atom stereocenters. The number of benzene rings is 3. The van der Waals surface area contributed by atoms with Gasteiger partial charge < -0.3 is 18.9 Å². The monoisotopic (exact) mass is 511 g/mol. The van der Waals surface area contributed by atoms with Gasteiger partial charge in [-0.1, -0.05) is 51.1 Å². The normalized spacial score (nSPS) is 15.8. The molecule has 0 spiro atoms. The molecular formula is C32H37N3O3. The van der Waals surface area contributed by atoms with E-state index < -0.39 is 0 Å². The minimum Gasteiger partial charge on any atom is -0.497 e. The number of para-hydroxylation sites is 2. The second kappa shape index (κ2) is 10.9. The first-order valence-corrected chi connectivity index (χ1v) is 13.5. The van der Waals surface area contributed by atoms with Crippen molar-refractivity contribution < 1.29 is 14.3 Å². The first-order chi connectivity index (χ1) is 18.3. The summed E-state index contributed by atoms with van der Waals surface area (Å²) in [7, 11) is 1.64. The minimum atomic E-state index is 0.0404. The van der Waals surface area contributed by atoms with Gasteiger partial charge in [0, 0.05) is 37.2 Å². The van der Waals surface area contributed by atoms with E-state index in [2.05, 4.69) is 67.8 Å². The fourth-order valence-corrected chi connectivity index (χ4v) is 5.16. The van der Waals surface area contributed by atoms with Gasteiger partial charge in [-0.3, -0.25) is 4.79 Å². The average Bonchev–Trinajstić information content (AvgIpc) is 3.48. The molecule has 6 heteroatoms. The summed E-state index contributed by atoms with van der Waals surface area (Å²) in [5.41, 5.74) is 4.41. The number of hydrogen-bond acceptors (Lipinski definition) is 4. The molecule has 5 rings (SSSR count). The van der Waals surface area contributed by atoms with Crippen LogP contribution in [0.1, 0.15) is 57.3 Å². The maximum Gasteiger partial charge on any atom is 0.227 e. The van der Waals surface area contributed by atoms with Crippen molar-refractivity contribution in [2.45, 2.75) is 57.9 Å². The van der Waals surface area contributed by atoms with E-state index in [0.29, 0.717) is 19.6 Å². The molecule has 3 aromatic carbocycles. The Kier molecular flexibility index (Phi) is 7.41. The zero-order valence-corrected chi connectivity index (χ0v) is 22.8. The molecule has 1 fully saturated rings. The SMILES string of the molecule is COc1cccc(N2CC(c3nc4ccccc4n3CCCCOc3ccc(C(C)(C)C)cc3)CC2=O)c1. The lowest BCUT2D eigenvalue weighted by Gasteiger charge is -2.19. The minimum absolute atomic E-state index is 0.0404. The van der Waals surface area contributed by atoms with E-state index >= 15 is 0 Å². The Morgan fingerprint density at radius 3 is 2.50 bits per heavy atom. The number of anilines is 1. The summed E-state index contributed by atoms with van der Waals surface area (Å²) in [4.78, 5) is 19.9. The lowest BCUT2D eigenvalue weighted by molar-refractivity contribution is -0.117. The Balaban J connectivity index is 1.25. The number of carbonyl (C=O) groups is 1. The van der Waals surface area contributed by atoms with E-state index in [1.165, 1.54) is 5.56 Å². The van der Waals surface area contributed by atoms with Crippen LogP contribution in [0.25, 0.3) is 11.0 Å². The van der Waals surface area contributed by atoms with Crippen molar-refractivity contribution in [3.05, 3.63) is 84.2 Å². The summed E-state index contributed by atoms with van der Waals surface area (Å²) in [5.74, 6) is 2.81. The molecule has 198 valence electrons. The lowest BCUT2D eigenvalue weighted by Crippen LogP contribution is -2.24. The van der Waals surface area contributed by atoms with Crippen molar-refractivity contribution in [3.63, 3.8) is 0 Å². The van der Waals surface area contributed by atoms with Gasteiger partial charge in [-0.15, -0.1) is 0 Å². The van der Waals surface area contributed by atoms with E-state index in [4.69, 9.17) is 14.5 Å². The average molecular weight is 512 g/mol. The summed E-state index contributed by atoms with van der Waals surface area (Å²) in [6, 6.07) is 24.4. The third-order valence-electron chi connectivity index (χ3n) is 7.30. The van der Waals surface area contributed by atoms with Crippen LogP contribution >= 0.6 is 0 Å². The molecule has 0 radical (unpaired) electrons. The molecule has 0 saturated carbocycles. The Labute approximate surface area is 225 Å². The highest BCUT2D eigenvalue weighted by Crippen LogP contribution is 2.34. The number of ether oxygens (including phenoxy) is 2. The highest BCUT2D eigenvalue weighted by atomic mass is 16.5. The number of aryl methyl sites for hydroxylation is 1. The van der Waals surface area contributed by atoms with Crippen molar-refractivity contribution in [3.8, 4) is 11.5 Å². The standard InChI is InChI=1S/C32H37N3O3/c1-32(2,3)24-14-16-26(17-15-24)38-19-8-7-18-34-29-13-6-5-12-28(29)33-31(34)23-20-30(36)35(22-23)25-10-9-11-27(21-25)37-4/h5-6,9-17,21,23H,7-8,18-20,22H2,1-4H3. The zero-order valence-electron chi connectivity index (χ0n) is 22.8. The molecule has 4 aromatic rings. The van der Waals surface area contributed by atoms with Crippen LogP contribution in [0.15, 0.2) is 72.8 Å². The van der Waals surface area contributed by atoms with Crippen LogP contribution < -0.4 is 14.4 Å². The van der Waals surface area contributed by atoms with Crippen LogP contribution in [-0.4, -0.2) is 35.7 Å². The number of imidazole rings is 1. The van der Waals surface area contributed by atoms with Crippen molar-refractivity contribution in [1.29, 1.82) is 0 Å². The molecule has 1 aliphatic rings. The smallest absolute Gasteiger partial charge is 0.227 e. The van der Waals surface area contributed by atoms with Crippen LogP contribution in [0.4, 0.5) is 5.69 Å². The van der Waals surface area contributed by atoms with Gasteiger partial charge in [-0.2, -0.15) is 0 Å². The quantitative estimate of drug-likeness (QED) is 0.234. The highest BCUT2D eigenvalue weighted by Gasteiger charge is 2.35. The number of nitrogens with zero attached hydrogens (tertiary/aromatic N) is 3. The molecule has 1 aromatic heterocycles. The van der Waals surface area contributed by atoms with Crippen LogP contribution in [-0.2, 0) is 16.8 Å². The van der Waals surface area contributed by atoms with Gasteiger partial charge in [0.2, 0.25) is 5.91 Å². The number of fused-ring (bicyclic) bond motifs is 1. The van der Waals surface area contributed by atoms with Crippen LogP contribution in [0.5, 0.6) is 11.5 Å². The number of hydrogen-bond donors (Lipinski definition) is 0. The Bertz CT molecular complexity index is 1400. The Morgan fingerprint density at radius 2 is 1.74 bits per heavy atom. The second-order valence-corrected chi connectivity index (χ2v) is 11.0. The highest BCUT2D eigenvalue weighted by molar-refractivity contribution is 5.96. The number of amides is 1. The summed E-state index contributed by atoms with van der Waals surface area (Å²) in [5, 5.41) is 0. The van der Waals surface area contributed by atoms with Gasteiger partial charge in [0.05, 0.1) is 24.8 Å². The van der Waals surface area contributed by atoms with Gasteiger partial charge in [0.25, 0.3) is 0 Å². The fraction of sp³-hybridized carbons (Fsp3) is 0.375. The van der Waals surface area contributed by atoms with E-state index in [1.54, 1.807) is 7.11 Å². The van der Waals surface area contributed by atoms with Gasteiger partial charge >= 0.3 is 0 Å². The van der Waals surface area contributed by atoms with Crippen LogP contribution in [0.3, 0.4) is 0 Å². The molecule has 1 aliphatic heterocycles. The van der Waals surface area contributed by atoms with Gasteiger partial charge in [0.1, 0.15) is 17.3 Å². The molecule has 0 aliphatic carbocycles. The first-order valence-electron chi connectivity index (χ1n) is 13.5. The summed E-state index contributed by atoms with van der Waals surface area (Å²) >= 11 is 0. The molecule has 1 saturated heterocycles. The predicted molar refractivity (Wildman–Crippen MR) is 152 cm³/mol. The van der Waals surface area contributed by atoms with Crippen LogP contribution in [0, 0.1) is 0 Å². The maximum absolute atomic E-state index is 13.0. The van der Waals surface area contributed by atoms with Gasteiger partial charge in [0.15, 0.2) is 0 Å². The zero-order chi connectivity index (χ0) is 26.7. The second-order valence-electron chi connectivity index (χ2n) is 11.0. The van der Waals surface area contributed by atoms with E-state index in [-0.39, 0.29) is 17.2 Å². The van der Waals surface area contributed by atoms with Crippen molar-refractivity contribution in [2.75, 3.05) is 25.2 Å². The molecule has 38 heavy (non-hydrogen) atoms. The molecule has 2 heterocycles. The van der Waals surface area contributed by atoms with E-state index in [1.807, 2.05) is 35.2 Å². The summed E-state index contributed by atoms with van der Waals surface area (Å²) in [6.07, 6.45) is 2.36. The fourth-order valence-electron chi connectivity index (χ4n) is 5.16. The van der Waals surface area contributed by atoms with E-state index in [9.17, 15) is 4.79 Å². The summed E-state index contributed by atoms with van der Waals surface area (Å²) in [6.45, 7) is 8.77. The number of rotatable bonds is 9. The molecule has 6 nitrogen and oxygen atoms in total. The third kappa shape index (κ3) is 5.54. The molecule has 1 amide bonds. The molecular weight excluding hydrogens is 474 g/mol. The van der Waals surface area contributed by atoms with Crippen molar-refractivity contribution in [1.82, 2.24) is 9.55 Å².